The summed E-state index contributed by atoms with van der Waals surface area (Å²) < 4.78 is 0. The van der Waals surface area contributed by atoms with E-state index in [0.29, 0.717) is 25.3 Å². The Labute approximate surface area is 99.6 Å². The molecule has 0 saturated heterocycles. The Morgan fingerprint density at radius 1 is 1.25 bits per heavy atom. The van der Waals surface area contributed by atoms with Gasteiger partial charge in [0.2, 0.25) is 5.91 Å². The van der Waals surface area contributed by atoms with Crippen molar-refractivity contribution in [2.24, 2.45) is 11.8 Å². The molecule has 2 N–H and O–H groups in total. The molecule has 0 fully saturated rings. The summed E-state index contributed by atoms with van der Waals surface area (Å²) in [6.07, 6.45) is 3.06. The van der Waals surface area contributed by atoms with Gasteiger partial charge in [0.15, 0.2) is 0 Å². The van der Waals surface area contributed by atoms with Crippen LogP contribution in [0.4, 0.5) is 0 Å². The summed E-state index contributed by atoms with van der Waals surface area (Å²) in [4.78, 5) is 11.5. The van der Waals surface area contributed by atoms with Gasteiger partial charge in [-0.1, -0.05) is 40.5 Å². The average molecular weight is 229 g/mol. The molecule has 0 aliphatic carbocycles. The first-order valence-electron chi connectivity index (χ1n) is 6.45. The van der Waals surface area contributed by atoms with Crippen molar-refractivity contribution in [2.75, 3.05) is 6.54 Å². The molecule has 0 radical (unpaired) electrons. The zero-order valence-electron chi connectivity index (χ0n) is 11.1. The molecule has 3 nitrogen and oxygen atoms in total. The van der Waals surface area contributed by atoms with Gasteiger partial charge in [0.1, 0.15) is 0 Å². The molecule has 1 amide bonds. The molecule has 0 spiro atoms. The summed E-state index contributed by atoms with van der Waals surface area (Å²) in [6.45, 7) is 8.78. The van der Waals surface area contributed by atoms with Gasteiger partial charge in [-0.15, -0.1) is 0 Å². The second-order valence-electron chi connectivity index (χ2n) is 4.84. The van der Waals surface area contributed by atoms with Gasteiger partial charge >= 0.3 is 0 Å². The van der Waals surface area contributed by atoms with E-state index in [2.05, 4.69) is 19.2 Å². The molecule has 0 heterocycles. The topological polar surface area (TPSA) is 49.3 Å². The number of carbonyl (C=O) groups excluding carboxylic acids is 1. The molecule has 0 aromatic heterocycles. The van der Waals surface area contributed by atoms with Gasteiger partial charge in [0.05, 0.1) is 6.10 Å². The highest BCUT2D eigenvalue weighted by molar-refractivity contribution is 5.76. The van der Waals surface area contributed by atoms with Crippen LogP contribution < -0.4 is 5.32 Å². The molecule has 96 valence electrons. The lowest BCUT2D eigenvalue weighted by Gasteiger charge is -2.15. The molecule has 1 atom stereocenters. The summed E-state index contributed by atoms with van der Waals surface area (Å²) in [6, 6.07) is 0. The Bertz CT molecular complexity index is 188. The van der Waals surface area contributed by atoms with Crippen LogP contribution in [0.25, 0.3) is 0 Å². The third-order valence-corrected chi connectivity index (χ3v) is 3.16. The molecule has 0 aromatic rings. The third-order valence-electron chi connectivity index (χ3n) is 3.16. The number of carbonyl (C=O) groups is 1. The molecular weight excluding hydrogens is 202 g/mol. The van der Waals surface area contributed by atoms with Crippen LogP contribution in [0.15, 0.2) is 0 Å². The van der Waals surface area contributed by atoms with Crippen molar-refractivity contribution < 1.29 is 9.90 Å². The highest BCUT2D eigenvalue weighted by Crippen LogP contribution is 2.12. The predicted octanol–water partition coefficient (Wildman–Crippen LogP) is 2.34. The monoisotopic (exact) mass is 229 g/mol. The third kappa shape index (κ3) is 6.83. The van der Waals surface area contributed by atoms with Crippen LogP contribution in [-0.2, 0) is 4.79 Å². The summed E-state index contributed by atoms with van der Waals surface area (Å²) in [5.74, 6) is 0.871. The van der Waals surface area contributed by atoms with Gasteiger partial charge in [-0.05, 0) is 18.3 Å². The van der Waals surface area contributed by atoms with E-state index in [-0.39, 0.29) is 17.9 Å². The minimum absolute atomic E-state index is 0.115. The molecule has 0 aliphatic heterocycles. The highest BCUT2D eigenvalue weighted by atomic mass is 16.3. The van der Waals surface area contributed by atoms with Crippen LogP contribution in [0.1, 0.15) is 53.4 Å². The van der Waals surface area contributed by atoms with E-state index >= 15 is 0 Å². The Hall–Kier alpha value is -0.570. The quantitative estimate of drug-likeness (QED) is 0.671. The van der Waals surface area contributed by atoms with Crippen molar-refractivity contribution >= 4 is 5.91 Å². The Balaban J connectivity index is 3.65. The largest absolute Gasteiger partial charge is 0.393 e. The SMILES string of the molecule is CCC(CC)CC(=O)NCCC(O)C(C)C. The lowest BCUT2D eigenvalue weighted by Crippen LogP contribution is -2.29. The van der Waals surface area contributed by atoms with Gasteiger partial charge < -0.3 is 10.4 Å². The minimum Gasteiger partial charge on any atom is -0.393 e. The maximum absolute atomic E-state index is 11.5. The maximum Gasteiger partial charge on any atom is 0.220 e. The summed E-state index contributed by atoms with van der Waals surface area (Å²) in [7, 11) is 0. The Morgan fingerprint density at radius 3 is 2.25 bits per heavy atom. The number of hydrogen-bond donors (Lipinski definition) is 2. The van der Waals surface area contributed by atoms with Crippen LogP contribution in [-0.4, -0.2) is 23.7 Å². The number of rotatable bonds is 8. The molecular formula is C13H27NO2. The fourth-order valence-corrected chi connectivity index (χ4v) is 1.60. The lowest BCUT2D eigenvalue weighted by atomic mass is 9.99. The van der Waals surface area contributed by atoms with E-state index in [9.17, 15) is 9.90 Å². The van der Waals surface area contributed by atoms with Gasteiger partial charge in [-0.25, -0.2) is 0 Å². The minimum atomic E-state index is -0.312. The summed E-state index contributed by atoms with van der Waals surface area (Å²) >= 11 is 0. The molecule has 1 unspecified atom stereocenters. The van der Waals surface area contributed by atoms with Crippen molar-refractivity contribution in [3.8, 4) is 0 Å². The van der Waals surface area contributed by atoms with Crippen LogP contribution in [0.2, 0.25) is 0 Å². The zero-order valence-corrected chi connectivity index (χ0v) is 11.1. The van der Waals surface area contributed by atoms with Crippen molar-refractivity contribution in [1.82, 2.24) is 5.32 Å². The second-order valence-corrected chi connectivity index (χ2v) is 4.84. The van der Waals surface area contributed by atoms with Crippen LogP contribution >= 0.6 is 0 Å². The van der Waals surface area contributed by atoms with Crippen molar-refractivity contribution in [1.29, 1.82) is 0 Å². The van der Waals surface area contributed by atoms with Gasteiger partial charge in [0, 0.05) is 13.0 Å². The zero-order chi connectivity index (χ0) is 12.6. The van der Waals surface area contributed by atoms with E-state index in [4.69, 9.17) is 0 Å². The Kier molecular flexibility index (Phi) is 8.26. The van der Waals surface area contributed by atoms with Crippen molar-refractivity contribution in [2.45, 2.75) is 59.5 Å². The molecule has 0 aliphatic rings. The van der Waals surface area contributed by atoms with E-state index in [1.807, 2.05) is 13.8 Å². The van der Waals surface area contributed by atoms with Gasteiger partial charge in [0.25, 0.3) is 0 Å². The fraction of sp³-hybridized carbons (Fsp3) is 0.923. The van der Waals surface area contributed by atoms with Crippen LogP contribution in [0.3, 0.4) is 0 Å². The lowest BCUT2D eigenvalue weighted by molar-refractivity contribution is -0.122. The first-order chi connectivity index (χ1) is 7.51. The highest BCUT2D eigenvalue weighted by Gasteiger charge is 2.12. The number of aliphatic hydroxyl groups excluding tert-OH is 1. The normalized spacial score (nSPS) is 13.2. The maximum atomic E-state index is 11.5. The summed E-state index contributed by atoms with van der Waals surface area (Å²) in [5.41, 5.74) is 0. The van der Waals surface area contributed by atoms with Crippen molar-refractivity contribution in [3.05, 3.63) is 0 Å². The average Bonchev–Trinajstić information content (AvgIpc) is 2.25. The number of hydrogen-bond acceptors (Lipinski definition) is 2. The van der Waals surface area contributed by atoms with E-state index < -0.39 is 0 Å². The molecule has 16 heavy (non-hydrogen) atoms. The second kappa shape index (κ2) is 8.57. The van der Waals surface area contributed by atoms with Crippen LogP contribution in [0, 0.1) is 11.8 Å². The van der Waals surface area contributed by atoms with Gasteiger partial charge in [-0.2, -0.15) is 0 Å². The Morgan fingerprint density at radius 2 is 1.81 bits per heavy atom. The van der Waals surface area contributed by atoms with E-state index in [1.165, 1.54) is 0 Å². The molecule has 0 bridgehead atoms. The van der Waals surface area contributed by atoms with Crippen LogP contribution in [0.5, 0.6) is 0 Å². The molecule has 0 saturated carbocycles. The standard InChI is InChI=1S/C13H27NO2/c1-5-11(6-2)9-13(16)14-8-7-12(15)10(3)4/h10-12,15H,5-9H2,1-4H3,(H,14,16). The molecule has 0 aromatic carbocycles. The predicted molar refractivity (Wildman–Crippen MR) is 67.2 cm³/mol. The number of nitrogens with one attached hydrogen (secondary N) is 1. The first-order valence-corrected chi connectivity index (χ1v) is 6.45. The smallest absolute Gasteiger partial charge is 0.220 e. The first kappa shape index (κ1) is 15.4. The van der Waals surface area contributed by atoms with E-state index in [0.717, 1.165) is 12.8 Å². The molecule has 0 rings (SSSR count). The number of amides is 1. The fourth-order valence-electron chi connectivity index (χ4n) is 1.60. The van der Waals surface area contributed by atoms with Gasteiger partial charge in [-0.3, -0.25) is 4.79 Å². The summed E-state index contributed by atoms with van der Waals surface area (Å²) in [5, 5.41) is 12.4. The van der Waals surface area contributed by atoms with Crippen molar-refractivity contribution in [3.63, 3.8) is 0 Å². The number of aliphatic hydroxyl groups is 1. The molecule has 3 heteroatoms. The van der Waals surface area contributed by atoms with E-state index in [1.54, 1.807) is 0 Å².